The lowest BCUT2D eigenvalue weighted by Gasteiger charge is -2.38. The Hall–Kier alpha value is -1.30. The minimum absolute atomic E-state index is 0.338. The molecule has 0 aromatic heterocycles. The molecule has 1 aliphatic heterocycles. The highest BCUT2D eigenvalue weighted by Gasteiger charge is 2.44. The Labute approximate surface area is 120 Å². The summed E-state index contributed by atoms with van der Waals surface area (Å²) in [5, 5.41) is 14.8. The topological polar surface area (TPSA) is 87.7 Å². The number of aliphatic carboxylic acids is 1. The molecule has 6 heteroatoms. The van der Waals surface area contributed by atoms with Gasteiger partial charge in [0.1, 0.15) is 0 Å². The van der Waals surface area contributed by atoms with E-state index in [1.54, 1.807) is 27.7 Å². The largest absolute Gasteiger partial charge is 0.481 e. The number of urea groups is 1. The number of ether oxygens (including phenoxy) is 1. The monoisotopic (exact) mass is 286 g/mol. The fourth-order valence-electron chi connectivity index (χ4n) is 1.96. The van der Waals surface area contributed by atoms with E-state index in [9.17, 15) is 14.7 Å². The fraction of sp³-hybridized carbons (Fsp3) is 0.857. The minimum Gasteiger partial charge on any atom is -0.481 e. The first-order chi connectivity index (χ1) is 9.17. The van der Waals surface area contributed by atoms with Gasteiger partial charge in [0.15, 0.2) is 0 Å². The van der Waals surface area contributed by atoms with Crippen LogP contribution in [0.5, 0.6) is 0 Å². The Morgan fingerprint density at radius 3 is 2.45 bits per heavy atom. The highest BCUT2D eigenvalue weighted by Crippen LogP contribution is 2.30. The van der Waals surface area contributed by atoms with Crippen LogP contribution >= 0.6 is 0 Å². The Balaban J connectivity index is 2.46. The number of hydrogen-bond donors (Lipinski definition) is 3. The van der Waals surface area contributed by atoms with Gasteiger partial charge in [-0.1, -0.05) is 0 Å². The zero-order valence-corrected chi connectivity index (χ0v) is 12.8. The predicted octanol–water partition coefficient (Wildman–Crippen LogP) is 1.60. The van der Waals surface area contributed by atoms with Crippen molar-refractivity contribution in [2.75, 3.05) is 19.8 Å². The maximum atomic E-state index is 11.9. The molecule has 1 fully saturated rings. The Morgan fingerprint density at radius 1 is 1.30 bits per heavy atom. The van der Waals surface area contributed by atoms with Gasteiger partial charge in [-0.05, 0) is 46.5 Å². The maximum absolute atomic E-state index is 11.9. The van der Waals surface area contributed by atoms with Crippen molar-refractivity contribution in [3.05, 3.63) is 0 Å². The van der Waals surface area contributed by atoms with Crippen LogP contribution in [0.4, 0.5) is 4.79 Å². The van der Waals surface area contributed by atoms with Gasteiger partial charge < -0.3 is 20.5 Å². The molecule has 0 aromatic carbocycles. The van der Waals surface area contributed by atoms with Crippen molar-refractivity contribution in [2.45, 2.75) is 46.1 Å². The van der Waals surface area contributed by atoms with E-state index >= 15 is 0 Å². The van der Waals surface area contributed by atoms with Crippen molar-refractivity contribution in [2.24, 2.45) is 11.3 Å². The molecule has 1 rings (SSSR count). The van der Waals surface area contributed by atoms with Crippen molar-refractivity contribution in [1.29, 1.82) is 0 Å². The first kappa shape index (κ1) is 16.8. The molecule has 116 valence electrons. The lowest BCUT2D eigenvalue weighted by Crippen LogP contribution is -2.59. The van der Waals surface area contributed by atoms with Gasteiger partial charge >= 0.3 is 12.0 Å². The van der Waals surface area contributed by atoms with Gasteiger partial charge in [0.2, 0.25) is 0 Å². The third-order valence-corrected chi connectivity index (χ3v) is 4.33. The molecule has 1 atom stereocenters. The van der Waals surface area contributed by atoms with Crippen molar-refractivity contribution in [3.63, 3.8) is 0 Å². The van der Waals surface area contributed by atoms with Crippen LogP contribution < -0.4 is 10.6 Å². The molecular formula is C14H26N2O4. The molecule has 2 amide bonds. The van der Waals surface area contributed by atoms with E-state index < -0.39 is 16.9 Å². The van der Waals surface area contributed by atoms with Gasteiger partial charge in [-0.15, -0.1) is 0 Å². The molecule has 1 saturated heterocycles. The number of carbonyl (C=O) groups is 2. The minimum atomic E-state index is -1.06. The van der Waals surface area contributed by atoms with E-state index in [1.807, 2.05) is 0 Å². The Morgan fingerprint density at radius 2 is 1.95 bits per heavy atom. The van der Waals surface area contributed by atoms with Crippen LogP contribution in [0.2, 0.25) is 0 Å². The highest BCUT2D eigenvalue weighted by molar-refractivity contribution is 5.79. The summed E-state index contributed by atoms with van der Waals surface area (Å²) >= 11 is 0. The first-order valence-corrected chi connectivity index (χ1v) is 7.04. The summed E-state index contributed by atoms with van der Waals surface area (Å²) in [4.78, 5) is 23.2. The summed E-state index contributed by atoms with van der Waals surface area (Å²) in [7, 11) is 0. The summed E-state index contributed by atoms with van der Waals surface area (Å²) in [5.74, 6) is -0.603. The smallest absolute Gasteiger partial charge is 0.315 e. The van der Waals surface area contributed by atoms with Gasteiger partial charge in [0, 0.05) is 13.2 Å². The summed E-state index contributed by atoms with van der Waals surface area (Å²) < 4.78 is 5.35. The summed E-state index contributed by atoms with van der Waals surface area (Å²) in [6, 6.07) is -0.338. The fourth-order valence-corrected chi connectivity index (χ4v) is 1.96. The second-order valence-electron chi connectivity index (χ2n) is 6.47. The zero-order chi connectivity index (χ0) is 15.4. The first-order valence-electron chi connectivity index (χ1n) is 7.04. The second-order valence-corrected chi connectivity index (χ2v) is 6.47. The highest BCUT2D eigenvalue weighted by atomic mass is 16.5. The maximum Gasteiger partial charge on any atom is 0.315 e. The van der Waals surface area contributed by atoms with Crippen molar-refractivity contribution < 1.29 is 19.4 Å². The van der Waals surface area contributed by atoms with Crippen LogP contribution in [0.15, 0.2) is 0 Å². The van der Waals surface area contributed by atoms with Crippen molar-refractivity contribution >= 4 is 12.0 Å². The number of nitrogens with one attached hydrogen (secondary N) is 2. The van der Waals surface area contributed by atoms with E-state index in [4.69, 9.17) is 4.74 Å². The van der Waals surface area contributed by atoms with Crippen LogP contribution in [0.1, 0.15) is 40.5 Å². The van der Waals surface area contributed by atoms with Crippen LogP contribution in [-0.2, 0) is 9.53 Å². The SMILES string of the molecule is CC(C)(NC(=O)NCC1CCCOC1)C(C)(C)C(=O)O. The third kappa shape index (κ3) is 4.10. The van der Waals surface area contributed by atoms with E-state index in [-0.39, 0.29) is 6.03 Å². The molecule has 0 spiro atoms. The van der Waals surface area contributed by atoms with E-state index in [0.717, 1.165) is 19.4 Å². The molecule has 20 heavy (non-hydrogen) atoms. The zero-order valence-electron chi connectivity index (χ0n) is 12.8. The lowest BCUT2D eigenvalue weighted by molar-refractivity contribution is -0.150. The molecule has 0 bridgehead atoms. The molecule has 6 nitrogen and oxygen atoms in total. The third-order valence-electron chi connectivity index (χ3n) is 4.33. The van der Waals surface area contributed by atoms with E-state index in [1.165, 1.54) is 0 Å². The molecule has 0 saturated carbocycles. The van der Waals surface area contributed by atoms with Crippen LogP contribution in [-0.4, -0.2) is 42.4 Å². The van der Waals surface area contributed by atoms with Crippen LogP contribution in [0, 0.1) is 11.3 Å². The van der Waals surface area contributed by atoms with E-state index in [2.05, 4.69) is 10.6 Å². The standard InChI is InChI=1S/C14H26N2O4/c1-13(2,11(17)18)14(3,4)16-12(19)15-8-10-6-5-7-20-9-10/h10H,5-9H2,1-4H3,(H,17,18)(H2,15,16,19). The predicted molar refractivity (Wildman–Crippen MR) is 75.6 cm³/mol. The molecular weight excluding hydrogens is 260 g/mol. The van der Waals surface area contributed by atoms with Gasteiger partial charge in [0.25, 0.3) is 0 Å². The average molecular weight is 286 g/mol. The number of hydrogen-bond acceptors (Lipinski definition) is 3. The molecule has 1 aliphatic rings. The molecule has 0 aromatic rings. The number of amides is 2. The van der Waals surface area contributed by atoms with Crippen LogP contribution in [0.25, 0.3) is 0 Å². The summed E-state index contributed by atoms with van der Waals surface area (Å²) in [6.45, 7) is 8.65. The normalized spacial score (nSPS) is 20.3. The number of rotatable bonds is 5. The molecule has 1 unspecified atom stereocenters. The van der Waals surface area contributed by atoms with Gasteiger partial charge in [-0.2, -0.15) is 0 Å². The average Bonchev–Trinajstić information content (AvgIpc) is 2.36. The number of carboxylic acid groups (broad SMARTS) is 1. The number of carbonyl (C=O) groups excluding carboxylic acids is 1. The van der Waals surface area contributed by atoms with Gasteiger partial charge in [-0.3, -0.25) is 4.79 Å². The molecule has 0 aliphatic carbocycles. The summed E-state index contributed by atoms with van der Waals surface area (Å²) in [6.07, 6.45) is 2.07. The number of carboxylic acids is 1. The van der Waals surface area contributed by atoms with Crippen molar-refractivity contribution in [3.8, 4) is 0 Å². The lowest BCUT2D eigenvalue weighted by atomic mass is 9.74. The Bertz CT molecular complexity index is 360. The van der Waals surface area contributed by atoms with Gasteiger partial charge in [-0.25, -0.2) is 4.79 Å². The molecule has 3 N–H and O–H groups in total. The van der Waals surface area contributed by atoms with Crippen molar-refractivity contribution in [1.82, 2.24) is 10.6 Å². The Kier molecular flexibility index (Phi) is 5.39. The van der Waals surface area contributed by atoms with E-state index in [0.29, 0.717) is 19.1 Å². The second kappa shape index (κ2) is 6.43. The molecule has 0 radical (unpaired) electrons. The van der Waals surface area contributed by atoms with Crippen LogP contribution in [0.3, 0.4) is 0 Å². The van der Waals surface area contributed by atoms with Gasteiger partial charge in [0.05, 0.1) is 17.6 Å². The quantitative estimate of drug-likeness (QED) is 0.716. The summed E-state index contributed by atoms with van der Waals surface area (Å²) in [5.41, 5.74) is -1.91. The molecule has 1 heterocycles.